The summed E-state index contributed by atoms with van der Waals surface area (Å²) in [5.74, 6) is 0. The highest BCUT2D eigenvalue weighted by Gasteiger charge is 2.49. The normalized spacial score (nSPS) is 51.4. The number of aliphatic hydroxyl groups excluding tert-OH is 1. The lowest BCUT2D eigenvalue weighted by molar-refractivity contribution is 0.0870. The van der Waals surface area contributed by atoms with Crippen LogP contribution in [0.25, 0.3) is 0 Å². The molecule has 3 aliphatic rings. The van der Waals surface area contributed by atoms with Gasteiger partial charge in [0.1, 0.15) is 0 Å². The average Bonchev–Trinajstić information content (AvgIpc) is 2.17. The van der Waals surface area contributed by atoms with Crippen molar-refractivity contribution in [1.82, 2.24) is 5.32 Å². The first-order chi connectivity index (χ1) is 3.85. The zero-order chi connectivity index (χ0) is 5.61. The summed E-state index contributed by atoms with van der Waals surface area (Å²) in [6.07, 6.45) is 2.42. The fourth-order valence-electron chi connectivity index (χ4n) is 1.82. The van der Waals surface area contributed by atoms with E-state index in [4.69, 9.17) is 5.11 Å². The Hall–Kier alpha value is -0.0800. The minimum absolute atomic E-state index is 0.324. The summed E-state index contributed by atoms with van der Waals surface area (Å²) in [5.41, 5.74) is 0.324. The standard InChI is InChI=1S/C6H11NO/c8-4-6-1-5(2-6)7-3-6/h5,7-8H,1-4H2. The van der Waals surface area contributed by atoms with Crippen molar-refractivity contribution in [3.05, 3.63) is 0 Å². The molecule has 2 heteroatoms. The SMILES string of the molecule is OCC12CNC(C1)C2. The molecule has 1 aliphatic carbocycles. The first-order valence-electron chi connectivity index (χ1n) is 3.19. The number of hydrogen-bond donors (Lipinski definition) is 2. The molecule has 0 aromatic rings. The van der Waals surface area contributed by atoms with Crippen molar-refractivity contribution < 1.29 is 5.11 Å². The molecule has 0 radical (unpaired) electrons. The van der Waals surface area contributed by atoms with Crippen molar-refractivity contribution in [2.45, 2.75) is 18.9 Å². The van der Waals surface area contributed by atoms with Crippen LogP contribution in [-0.4, -0.2) is 24.3 Å². The maximum absolute atomic E-state index is 8.82. The van der Waals surface area contributed by atoms with Crippen LogP contribution in [0, 0.1) is 5.41 Å². The molecule has 2 N–H and O–H groups in total. The smallest absolute Gasteiger partial charge is 0.0500 e. The molecule has 2 heterocycles. The molecule has 0 spiro atoms. The van der Waals surface area contributed by atoms with E-state index < -0.39 is 0 Å². The Morgan fingerprint density at radius 1 is 1.62 bits per heavy atom. The number of nitrogens with one attached hydrogen (secondary N) is 1. The van der Waals surface area contributed by atoms with E-state index in [1.54, 1.807) is 0 Å². The Labute approximate surface area is 48.9 Å². The Morgan fingerprint density at radius 3 is 2.62 bits per heavy atom. The van der Waals surface area contributed by atoms with Gasteiger partial charge in [-0.3, -0.25) is 0 Å². The Balaban J connectivity index is 2.09. The molecule has 2 saturated heterocycles. The molecule has 0 unspecified atom stereocenters. The molecule has 0 atom stereocenters. The van der Waals surface area contributed by atoms with Crippen LogP contribution in [0.5, 0.6) is 0 Å². The van der Waals surface area contributed by atoms with Crippen molar-refractivity contribution in [3.8, 4) is 0 Å². The fourth-order valence-corrected chi connectivity index (χ4v) is 1.82. The molecule has 46 valence electrons. The first kappa shape index (κ1) is 4.77. The second kappa shape index (κ2) is 1.25. The summed E-state index contributed by atoms with van der Waals surface area (Å²) in [6.45, 7) is 1.44. The number of fused-ring (bicyclic) bond motifs is 1. The molecular weight excluding hydrogens is 102 g/mol. The van der Waals surface area contributed by atoms with Crippen LogP contribution in [0.4, 0.5) is 0 Å². The fraction of sp³-hybridized carbons (Fsp3) is 1.00. The van der Waals surface area contributed by atoms with Gasteiger partial charge in [0.15, 0.2) is 0 Å². The highest BCUT2D eigenvalue weighted by atomic mass is 16.3. The molecule has 8 heavy (non-hydrogen) atoms. The first-order valence-corrected chi connectivity index (χ1v) is 3.19. The Morgan fingerprint density at radius 2 is 2.38 bits per heavy atom. The van der Waals surface area contributed by atoms with Gasteiger partial charge in [0, 0.05) is 18.0 Å². The maximum Gasteiger partial charge on any atom is 0.0500 e. The van der Waals surface area contributed by atoms with Crippen molar-refractivity contribution in [2.24, 2.45) is 5.41 Å². The van der Waals surface area contributed by atoms with E-state index in [2.05, 4.69) is 5.32 Å². The van der Waals surface area contributed by atoms with E-state index in [-0.39, 0.29) is 0 Å². The quantitative estimate of drug-likeness (QED) is 0.490. The predicted molar refractivity (Wildman–Crippen MR) is 30.5 cm³/mol. The average molecular weight is 113 g/mol. The molecule has 1 saturated carbocycles. The van der Waals surface area contributed by atoms with Gasteiger partial charge in [0.05, 0.1) is 6.61 Å². The molecule has 2 nitrogen and oxygen atoms in total. The highest BCUT2D eigenvalue weighted by Crippen LogP contribution is 2.45. The molecule has 0 aromatic carbocycles. The topological polar surface area (TPSA) is 32.3 Å². The summed E-state index contributed by atoms with van der Waals surface area (Å²) in [7, 11) is 0. The van der Waals surface area contributed by atoms with Crippen LogP contribution in [0.2, 0.25) is 0 Å². The largest absolute Gasteiger partial charge is 0.396 e. The summed E-state index contributed by atoms with van der Waals surface area (Å²) < 4.78 is 0. The molecule has 0 aromatic heterocycles. The van der Waals surface area contributed by atoms with Gasteiger partial charge in [-0.1, -0.05) is 0 Å². The van der Waals surface area contributed by atoms with Crippen molar-refractivity contribution >= 4 is 0 Å². The summed E-state index contributed by atoms with van der Waals surface area (Å²) >= 11 is 0. The van der Waals surface area contributed by atoms with E-state index in [1.807, 2.05) is 0 Å². The van der Waals surface area contributed by atoms with Crippen LogP contribution in [0.1, 0.15) is 12.8 Å². The van der Waals surface area contributed by atoms with Crippen LogP contribution in [-0.2, 0) is 0 Å². The van der Waals surface area contributed by atoms with Crippen molar-refractivity contribution in [2.75, 3.05) is 13.2 Å². The zero-order valence-corrected chi connectivity index (χ0v) is 4.85. The third-order valence-electron chi connectivity index (χ3n) is 2.46. The van der Waals surface area contributed by atoms with Gasteiger partial charge in [0.2, 0.25) is 0 Å². The minimum Gasteiger partial charge on any atom is -0.396 e. The lowest BCUT2D eigenvalue weighted by Gasteiger charge is -2.34. The van der Waals surface area contributed by atoms with E-state index in [0.717, 1.165) is 12.6 Å². The van der Waals surface area contributed by atoms with Gasteiger partial charge in [-0.05, 0) is 12.8 Å². The van der Waals surface area contributed by atoms with E-state index in [9.17, 15) is 0 Å². The van der Waals surface area contributed by atoms with Gasteiger partial charge < -0.3 is 10.4 Å². The third kappa shape index (κ3) is 0.400. The predicted octanol–water partition coefficient (Wildman–Crippen LogP) is -0.269. The molecule has 3 fully saturated rings. The lowest BCUT2D eigenvalue weighted by atomic mass is 9.71. The number of aliphatic hydroxyl groups is 1. The summed E-state index contributed by atoms with van der Waals surface area (Å²) in [4.78, 5) is 0. The van der Waals surface area contributed by atoms with Gasteiger partial charge in [-0.15, -0.1) is 0 Å². The van der Waals surface area contributed by atoms with Gasteiger partial charge in [-0.2, -0.15) is 0 Å². The molecule has 3 rings (SSSR count). The zero-order valence-electron chi connectivity index (χ0n) is 4.85. The minimum atomic E-state index is 0.324. The van der Waals surface area contributed by atoms with Crippen LogP contribution in [0.15, 0.2) is 0 Å². The van der Waals surface area contributed by atoms with Crippen LogP contribution >= 0.6 is 0 Å². The van der Waals surface area contributed by atoms with E-state index >= 15 is 0 Å². The maximum atomic E-state index is 8.82. The van der Waals surface area contributed by atoms with Gasteiger partial charge in [0.25, 0.3) is 0 Å². The molecular formula is C6H11NO. The van der Waals surface area contributed by atoms with Crippen molar-refractivity contribution in [1.29, 1.82) is 0 Å². The lowest BCUT2D eigenvalue weighted by Crippen LogP contribution is -2.36. The molecule has 2 aliphatic heterocycles. The summed E-state index contributed by atoms with van der Waals surface area (Å²) in [6, 6.07) is 0.752. The summed E-state index contributed by atoms with van der Waals surface area (Å²) in [5, 5.41) is 12.1. The molecule has 0 amide bonds. The Kier molecular flexibility index (Phi) is 0.746. The number of rotatable bonds is 1. The third-order valence-corrected chi connectivity index (χ3v) is 2.46. The van der Waals surface area contributed by atoms with E-state index in [1.165, 1.54) is 12.8 Å². The highest BCUT2D eigenvalue weighted by molar-refractivity contribution is 5.05. The van der Waals surface area contributed by atoms with Gasteiger partial charge >= 0.3 is 0 Å². The van der Waals surface area contributed by atoms with E-state index in [0.29, 0.717) is 12.0 Å². The van der Waals surface area contributed by atoms with Gasteiger partial charge in [-0.25, -0.2) is 0 Å². The van der Waals surface area contributed by atoms with Crippen LogP contribution in [0.3, 0.4) is 0 Å². The Bertz CT molecular complexity index is 102. The monoisotopic (exact) mass is 113 g/mol. The number of hydrogen-bond acceptors (Lipinski definition) is 2. The second-order valence-corrected chi connectivity index (χ2v) is 3.14. The molecule has 2 bridgehead atoms. The van der Waals surface area contributed by atoms with Crippen LogP contribution < -0.4 is 5.32 Å². The second-order valence-electron chi connectivity index (χ2n) is 3.14. The van der Waals surface area contributed by atoms with Crippen molar-refractivity contribution in [3.63, 3.8) is 0 Å².